The lowest BCUT2D eigenvalue weighted by molar-refractivity contribution is -0.161. The number of Topliss-reactive ketones (excluding diaryl/α,β-unsaturated/α-hetero) is 1. The van der Waals surface area contributed by atoms with Gasteiger partial charge in [0.25, 0.3) is 5.67 Å². The van der Waals surface area contributed by atoms with Gasteiger partial charge in [-0.05, 0) is 53.9 Å². The number of ketones is 1. The van der Waals surface area contributed by atoms with Gasteiger partial charge < -0.3 is 4.74 Å². The molecule has 0 aliphatic heterocycles. The number of hydrogen-bond acceptors (Lipinski definition) is 3. The van der Waals surface area contributed by atoms with Crippen LogP contribution in [-0.2, 0) is 20.9 Å². The van der Waals surface area contributed by atoms with Crippen LogP contribution >= 0.6 is 0 Å². The van der Waals surface area contributed by atoms with Crippen LogP contribution < -0.4 is 0 Å². The van der Waals surface area contributed by atoms with Crippen LogP contribution in [0.4, 0.5) is 4.39 Å². The van der Waals surface area contributed by atoms with Crippen LogP contribution in [0.25, 0.3) is 0 Å². The number of hydrogen-bond donors (Lipinski definition) is 0. The summed E-state index contributed by atoms with van der Waals surface area (Å²) in [6, 6.07) is 4.29. The van der Waals surface area contributed by atoms with E-state index in [0.29, 0.717) is 5.92 Å². The van der Waals surface area contributed by atoms with Gasteiger partial charge in [0.15, 0.2) is 5.78 Å². The van der Waals surface area contributed by atoms with Gasteiger partial charge in [-0.15, -0.1) is 0 Å². The maximum absolute atomic E-state index is 14.2. The fraction of sp³-hybridized carbons (Fsp3) is 0.619. The molecule has 0 spiro atoms. The van der Waals surface area contributed by atoms with E-state index in [1.165, 1.54) is 5.56 Å². The fourth-order valence-corrected chi connectivity index (χ4v) is 2.69. The van der Waals surface area contributed by atoms with Crippen molar-refractivity contribution in [3.05, 3.63) is 34.4 Å². The van der Waals surface area contributed by atoms with Crippen LogP contribution in [0, 0.1) is 0 Å². The number of carbonyl (C=O) groups is 2. The van der Waals surface area contributed by atoms with Gasteiger partial charge in [0.1, 0.15) is 6.61 Å². The Morgan fingerprint density at radius 2 is 1.44 bits per heavy atom. The van der Waals surface area contributed by atoms with Gasteiger partial charge >= 0.3 is 5.97 Å². The quantitative estimate of drug-likeness (QED) is 0.487. The van der Waals surface area contributed by atoms with E-state index in [9.17, 15) is 14.0 Å². The maximum Gasteiger partial charge on any atom is 0.351 e. The Labute approximate surface area is 151 Å². The Hall–Kier alpha value is -1.71. The maximum atomic E-state index is 14.2. The minimum atomic E-state index is -2.60. The number of halogens is 1. The molecule has 0 bridgehead atoms. The van der Waals surface area contributed by atoms with Gasteiger partial charge in [0.05, 0.1) is 0 Å². The van der Waals surface area contributed by atoms with Crippen molar-refractivity contribution in [3.8, 4) is 0 Å². The Balaban J connectivity index is 3.29. The number of esters is 1. The molecule has 3 nitrogen and oxygen atoms in total. The first kappa shape index (κ1) is 21.3. The largest absolute Gasteiger partial charge is 0.458 e. The second-order valence-electron chi connectivity index (χ2n) is 7.78. The lowest BCUT2D eigenvalue weighted by atomic mass is 9.85. The molecule has 4 heteroatoms. The molecule has 0 aliphatic carbocycles. The zero-order valence-electron chi connectivity index (χ0n) is 16.7. The highest BCUT2D eigenvalue weighted by Crippen LogP contribution is 2.33. The molecule has 0 saturated carbocycles. The minimum absolute atomic E-state index is 0.0228. The Bertz CT molecular complexity index is 614. The van der Waals surface area contributed by atoms with Crippen LogP contribution in [0.1, 0.15) is 95.4 Å². The number of rotatable bonds is 7. The van der Waals surface area contributed by atoms with E-state index in [1.807, 2.05) is 0 Å². The van der Waals surface area contributed by atoms with Crippen LogP contribution in [0.2, 0.25) is 0 Å². The zero-order chi connectivity index (χ0) is 19.5. The minimum Gasteiger partial charge on any atom is -0.458 e. The smallest absolute Gasteiger partial charge is 0.351 e. The van der Waals surface area contributed by atoms with E-state index in [2.05, 4.69) is 53.7 Å². The van der Waals surface area contributed by atoms with Crippen LogP contribution in [-0.4, -0.2) is 17.4 Å². The average molecular weight is 350 g/mol. The van der Waals surface area contributed by atoms with Crippen molar-refractivity contribution >= 4 is 11.8 Å². The van der Waals surface area contributed by atoms with Gasteiger partial charge in [0.2, 0.25) is 0 Å². The van der Waals surface area contributed by atoms with E-state index in [-0.39, 0.29) is 18.4 Å². The number of carbonyl (C=O) groups excluding carboxylic acids is 2. The van der Waals surface area contributed by atoms with Gasteiger partial charge in [-0.25, -0.2) is 9.18 Å². The van der Waals surface area contributed by atoms with Crippen molar-refractivity contribution < 1.29 is 18.7 Å². The predicted octanol–water partition coefficient (Wildman–Crippen LogP) is 5.42. The van der Waals surface area contributed by atoms with Gasteiger partial charge in [-0.2, -0.15) is 0 Å². The van der Waals surface area contributed by atoms with E-state index < -0.39 is 17.4 Å². The monoisotopic (exact) mass is 350 g/mol. The normalized spacial score (nSPS) is 14.1. The predicted molar refractivity (Wildman–Crippen MR) is 98.7 cm³/mol. The van der Waals surface area contributed by atoms with E-state index in [0.717, 1.165) is 30.5 Å². The summed E-state index contributed by atoms with van der Waals surface area (Å²) in [5.74, 6) is -1.10. The second kappa shape index (κ2) is 8.11. The van der Waals surface area contributed by atoms with Crippen molar-refractivity contribution in [2.75, 3.05) is 0 Å². The molecule has 0 radical (unpaired) electrons. The molecule has 0 N–H and O–H groups in total. The molecule has 1 unspecified atom stereocenters. The van der Waals surface area contributed by atoms with Crippen LogP contribution in [0.3, 0.4) is 0 Å². The summed E-state index contributed by atoms with van der Waals surface area (Å²) in [4.78, 5) is 23.3. The summed E-state index contributed by atoms with van der Waals surface area (Å²) in [5, 5.41) is 0. The van der Waals surface area contributed by atoms with Gasteiger partial charge in [-0.1, -0.05) is 53.7 Å². The van der Waals surface area contributed by atoms with Crippen molar-refractivity contribution in [1.29, 1.82) is 0 Å². The number of ether oxygens (including phenoxy) is 1. The van der Waals surface area contributed by atoms with Gasteiger partial charge in [-0.3, -0.25) is 4.79 Å². The first-order valence-electron chi connectivity index (χ1n) is 8.93. The summed E-state index contributed by atoms with van der Waals surface area (Å²) >= 11 is 0. The summed E-state index contributed by atoms with van der Waals surface area (Å²) in [6.07, 6.45) is 0. The Morgan fingerprint density at radius 3 is 1.76 bits per heavy atom. The van der Waals surface area contributed by atoms with Crippen molar-refractivity contribution in [3.63, 3.8) is 0 Å². The summed E-state index contributed by atoms with van der Waals surface area (Å²) in [7, 11) is 0. The average Bonchev–Trinajstić information content (AvgIpc) is 2.50. The highest BCUT2D eigenvalue weighted by molar-refractivity contribution is 6.05. The zero-order valence-corrected chi connectivity index (χ0v) is 16.7. The topological polar surface area (TPSA) is 43.4 Å². The van der Waals surface area contributed by atoms with Crippen LogP contribution in [0.15, 0.2) is 12.1 Å². The third kappa shape index (κ3) is 4.90. The first-order valence-corrected chi connectivity index (χ1v) is 8.93. The highest BCUT2D eigenvalue weighted by Gasteiger charge is 2.40. The molecule has 0 fully saturated rings. The summed E-state index contributed by atoms with van der Waals surface area (Å²) < 4.78 is 19.4. The van der Waals surface area contributed by atoms with Crippen molar-refractivity contribution in [2.45, 2.75) is 85.4 Å². The molecule has 0 aliphatic rings. The Kier molecular flexibility index (Phi) is 6.92. The fourth-order valence-electron chi connectivity index (χ4n) is 2.69. The third-order valence-electron chi connectivity index (χ3n) is 4.64. The lowest BCUT2D eigenvalue weighted by Crippen LogP contribution is -2.39. The lowest BCUT2D eigenvalue weighted by Gasteiger charge is -2.23. The molecule has 0 heterocycles. The summed E-state index contributed by atoms with van der Waals surface area (Å²) in [6.45, 7) is 14.6. The SMILES string of the molecule is CC(=O)C(C)(F)C(=O)OCc1c(C(C)C)cc(C(C)C)cc1C(C)C. The second-order valence-corrected chi connectivity index (χ2v) is 7.78. The highest BCUT2D eigenvalue weighted by atomic mass is 19.1. The molecule has 1 atom stereocenters. The standard InChI is InChI=1S/C21H31FO3/c1-12(2)16-9-17(13(3)4)19(18(10-16)14(5)6)11-25-20(24)21(8,22)15(7)23/h9-10,12-14H,11H2,1-8H3. The molecule has 0 saturated heterocycles. The molecule has 0 amide bonds. The molecular weight excluding hydrogens is 319 g/mol. The Morgan fingerprint density at radius 1 is 1.00 bits per heavy atom. The molecule has 25 heavy (non-hydrogen) atoms. The molecule has 1 rings (SSSR count). The van der Waals surface area contributed by atoms with Crippen LogP contribution in [0.5, 0.6) is 0 Å². The summed E-state index contributed by atoms with van der Waals surface area (Å²) in [5.41, 5.74) is 1.76. The molecule has 1 aromatic rings. The third-order valence-corrected chi connectivity index (χ3v) is 4.64. The van der Waals surface area contributed by atoms with E-state index in [4.69, 9.17) is 4.74 Å². The van der Waals surface area contributed by atoms with Crippen molar-refractivity contribution in [1.82, 2.24) is 0 Å². The number of benzene rings is 1. The van der Waals surface area contributed by atoms with E-state index in [1.54, 1.807) is 0 Å². The first-order chi connectivity index (χ1) is 11.4. The van der Waals surface area contributed by atoms with Gasteiger partial charge in [0, 0.05) is 0 Å². The molecule has 1 aromatic carbocycles. The van der Waals surface area contributed by atoms with E-state index >= 15 is 0 Å². The molecular formula is C21H31FO3. The molecule has 0 aromatic heterocycles. The number of alkyl halides is 1. The van der Waals surface area contributed by atoms with Crippen molar-refractivity contribution in [2.24, 2.45) is 0 Å². The molecule has 140 valence electrons.